The number of nitrogens with one attached hydrogen (secondary N) is 1. The van der Waals surface area contributed by atoms with Gasteiger partial charge in [-0.3, -0.25) is 9.59 Å². The number of amides is 1. The number of thiophene rings is 1. The van der Waals surface area contributed by atoms with E-state index < -0.39 is 12.1 Å². The summed E-state index contributed by atoms with van der Waals surface area (Å²) < 4.78 is 5.62. The number of ketones is 1. The number of rotatable bonds is 7. The summed E-state index contributed by atoms with van der Waals surface area (Å²) in [5, 5.41) is 4.69. The van der Waals surface area contributed by atoms with Crippen molar-refractivity contribution in [3.05, 3.63) is 93.7 Å². The van der Waals surface area contributed by atoms with Crippen molar-refractivity contribution in [3.8, 4) is 0 Å². The molecule has 1 fully saturated rings. The highest BCUT2D eigenvalue weighted by Crippen LogP contribution is 2.25. The van der Waals surface area contributed by atoms with Gasteiger partial charge in [-0.25, -0.2) is 4.79 Å². The molecule has 5 nitrogen and oxygen atoms in total. The Morgan fingerprint density at radius 2 is 1.59 bits per heavy atom. The molecule has 1 aliphatic carbocycles. The van der Waals surface area contributed by atoms with Crippen LogP contribution in [-0.2, 0) is 9.53 Å². The van der Waals surface area contributed by atoms with Crippen LogP contribution in [0, 0.1) is 0 Å². The molecule has 0 bridgehead atoms. The zero-order valence-electron chi connectivity index (χ0n) is 15.5. The Hall–Kier alpha value is -3.25. The van der Waals surface area contributed by atoms with Crippen LogP contribution in [0.3, 0.4) is 0 Å². The number of carbonyl (C=O) groups excluding carboxylic acids is 3. The maximum Gasteiger partial charge on any atom is 0.340 e. The summed E-state index contributed by atoms with van der Waals surface area (Å²) in [6, 6.07) is 19.0. The number of esters is 1. The number of carbonyl (C=O) groups is 3. The molecule has 2 aromatic carbocycles. The number of ether oxygens (including phenoxy) is 1. The van der Waals surface area contributed by atoms with Crippen molar-refractivity contribution in [2.24, 2.45) is 0 Å². The maximum absolute atomic E-state index is 13.0. The fourth-order valence-corrected chi connectivity index (χ4v) is 3.65. The fourth-order valence-electron chi connectivity index (χ4n) is 2.98. The van der Waals surface area contributed by atoms with E-state index in [0.717, 1.165) is 12.8 Å². The SMILES string of the molecule is O=C(O[C@@H](C(=O)NC1CC1)c1ccccc1)c1ccccc1C(=O)c1cccs1. The van der Waals surface area contributed by atoms with Gasteiger partial charge in [-0.1, -0.05) is 54.6 Å². The molecule has 1 N–H and O–H groups in total. The van der Waals surface area contributed by atoms with Crippen LogP contribution in [-0.4, -0.2) is 23.7 Å². The van der Waals surface area contributed by atoms with E-state index in [1.54, 1.807) is 60.7 Å². The molecule has 6 heteroatoms. The summed E-state index contributed by atoms with van der Waals surface area (Å²) >= 11 is 1.31. The van der Waals surface area contributed by atoms with E-state index in [4.69, 9.17) is 4.74 Å². The monoisotopic (exact) mass is 405 g/mol. The average Bonchev–Trinajstić information content (AvgIpc) is 3.39. The Bertz CT molecular complexity index is 1030. The lowest BCUT2D eigenvalue weighted by atomic mass is 10.0. The van der Waals surface area contributed by atoms with E-state index >= 15 is 0 Å². The van der Waals surface area contributed by atoms with Crippen LogP contribution in [0.5, 0.6) is 0 Å². The quantitative estimate of drug-likeness (QED) is 0.473. The van der Waals surface area contributed by atoms with Gasteiger partial charge in [0, 0.05) is 17.2 Å². The Kier molecular flexibility index (Phi) is 5.53. The van der Waals surface area contributed by atoms with Gasteiger partial charge < -0.3 is 10.1 Å². The summed E-state index contributed by atoms with van der Waals surface area (Å²) in [5.41, 5.74) is 0.987. The van der Waals surface area contributed by atoms with E-state index in [1.807, 2.05) is 11.4 Å². The first-order chi connectivity index (χ1) is 14.1. The van der Waals surface area contributed by atoms with Crippen LogP contribution < -0.4 is 5.32 Å². The Morgan fingerprint density at radius 1 is 0.897 bits per heavy atom. The van der Waals surface area contributed by atoms with Crippen molar-refractivity contribution in [3.63, 3.8) is 0 Å². The second-order valence-electron chi connectivity index (χ2n) is 6.83. The van der Waals surface area contributed by atoms with Gasteiger partial charge in [0.25, 0.3) is 5.91 Å². The first-order valence-corrected chi connectivity index (χ1v) is 10.2. The average molecular weight is 405 g/mol. The van der Waals surface area contributed by atoms with Crippen LogP contribution in [0.25, 0.3) is 0 Å². The van der Waals surface area contributed by atoms with E-state index in [0.29, 0.717) is 10.4 Å². The van der Waals surface area contributed by atoms with Crippen LogP contribution >= 0.6 is 11.3 Å². The third-order valence-electron chi connectivity index (χ3n) is 4.63. The van der Waals surface area contributed by atoms with Gasteiger partial charge >= 0.3 is 5.97 Å². The van der Waals surface area contributed by atoms with Crippen LogP contribution in [0.15, 0.2) is 72.1 Å². The first-order valence-electron chi connectivity index (χ1n) is 9.37. The van der Waals surface area contributed by atoms with Crippen molar-refractivity contribution in [1.82, 2.24) is 5.32 Å². The zero-order chi connectivity index (χ0) is 20.2. The normalized spacial score (nSPS) is 14.1. The van der Waals surface area contributed by atoms with Gasteiger partial charge in [0.15, 0.2) is 0 Å². The van der Waals surface area contributed by atoms with Crippen LogP contribution in [0.4, 0.5) is 0 Å². The zero-order valence-corrected chi connectivity index (χ0v) is 16.4. The maximum atomic E-state index is 13.0. The molecule has 0 aliphatic heterocycles. The number of hydrogen-bond donors (Lipinski definition) is 1. The topological polar surface area (TPSA) is 72.5 Å². The molecule has 1 saturated carbocycles. The van der Waals surface area contributed by atoms with Gasteiger partial charge in [0.1, 0.15) is 0 Å². The first kappa shape index (κ1) is 19.1. The van der Waals surface area contributed by atoms with Crippen LogP contribution in [0.2, 0.25) is 0 Å². The van der Waals surface area contributed by atoms with E-state index in [-0.39, 0.29) is 28.9 Å². The molecule has 0 radical (unpaired) electrons. The lowest BCUT2D eigenvalue weighted by Gasteiger charge is -2.18. The Morgan fingerprint density at radius 3 is 2.24 bits per heavy atom. The summed E-state index contributed by atoms with van der Waals surface area (Å²) in [5.74, 6) is -1.30. The predicted octanol–water partition coefficient (Wildman–Crippen LogP) is 4.16. The molecule has 1 atom stereocenters. The standard InChI is InChI=1S/C23H19NO4S/c25-20(19-11-6-14-29-19)17-9-4-5-10-18(17)23(27)28-21(15-7-2-1-3-8-15)22(26)24-16-12-13-16/h1-11,14,16,21H,12-13H2,(H,24,26)/t21-/m1/s1. The molecule has 1 heterocycles. The molecular weight excluding hydrogens is 386 g/mol. The van der Waals surface area contributed by atoms with E-state index in [2.05, 4.69) is 5.32 Å². The van der Waals surface area contributed by atoms with Crippen molar-refractivity contribution in [2.45, 2.75) is 25.0 Å². The highest BCUT2D eigenvalue weighted by molar-refractivity contribution is 7.12. The lowest BCUT2D eigenvalue weighted by molar-refractivity contribution is -0.130. The van der Waals surface area contributed by atoms with Crippen LogP contribution in [0.1, 0.15) is 50.1 Å². The molecule has 1 aliphatic rings. The number of hydrogen-bond acceptors (Lipinski definition) is 5. The van der Waals surface area contributed by atoms with E-state index in [9.17, 15) is 14.4 Å². The van der Waals surface area contributed by atoms with Gasteiger partial charge in [-0.05, 0) is 30.4 Å². The molecule has 0 spiro atoms. The summed E-state index contributed by atoms with van der Waals surface area (Å²) in [6.45, 7) is 0. The van der Waals surface area contributed by atoms with Crippen molar-refractivity contribution in [1.29, 1.82) is 0 Å². The molecule has 1 aromatic heterocycles. The van der Waals surface area contributed by atoms with Crippen molar-refractivity contribution in [2.75, 3.05) is 0 Å². The molecule has 29 heavy (non-hydrogen) atoms. The Balaban J connectivity index is 1.61. The largest absolute Gasteiger partial charge is 0.444 e. The fraction of sp³-hybridized carbons (Fsp3) is 0.174. The summed E-state index contributed by atoms with van der Waals surface area (Å²) in [4.78, 5) is 39.0. The molecule has 146 valence electrons. The second-order valence-corrected chi connectivity index (χ2v) is 7.78. The summed E-state index contributed by atoms with van der Waals surface area (Å²) in [6.07, 6.45) is 0.785. The smallest absolute Gasteiger partial charge is 0.340 e. The molecule has 0 saturated heterocycles. The van der Waals surface area contributed by atoms with Gasteiger partial charge in [-0.2, -0.15) is 0 Å². The molecule has 0 unspecified atom stereocenters. The van der Waals surface area contributed by atoms with E-state index in [1.165, 1.54) is 11.3 Å². The van der Waals surface area contributed by atoms with Gasteiger partial charge in [0.2, 0.25) is 11.9 Å². The molecule has 3 aromatic rings. The van der Waals surface area contributed by atoms with Crippen molar-refractivity contribution >= 4 is 29.0 Å². The molecule has 4 rings (SSSR count). The van der Waals surface area contributed by atoms with Gasteiger partial charge in [-0.15, -0.1) is 11.3 Å². The summed E-state index contributed by atoms with van der Waals surface area (Å²) in [7, 11) is 0. The highest BCUT2D eigenvalue weighted by atomic mass is 32.1. The third kappa shape index (κ3) is 4.43. The minimum atomic E-state index is -1.07. The third-order valence-corrected chi connectivity index (χ3v) is 5.49. The minimum absolute atomic E-state index is 0.139. The van der Waals surface area contributed by atoms with Crippen molar-refractivity contribution < 1.29 is 19.1 Å². The minimum Gasteiger partial charge on any atom is -0.444 e. The lowest BCUT2D eigenvalue weighted by Crippen LogP contribution is -2.33. The Labute approximate surface area is 172 Å². The predicted molar refractivity (Wildman–Crippen MR) is 110 cm³/mol. The van der Waals surface area contributed by atoms with Gasteiger partial charge in [0.05, 0.1) is 10.4 Å². The molecular formula is C23H19NO4S. The highest BCUT2D eigenvalue weighted by Gasteiger charge is 2.32. The molecule has 1 amide bonds. The second kappa shape index (κ2) is 8.41. The number of benzene rings is 2.